The van der Waals surface area contributed by atoms with Crippen LogP contribution in [0.5, 0.6) is 0 Å². The number of hydrogen-bond donors (Lipinski definition) is 3. The molecule has 0 aliphatic carbocycles. The number of nitro benzene ring substituents is 1. The maximum atomic E-state index is 12.5. The van der Waals surface area contributed by atoms with Crippen LogP contribution in [0.4, 0.5) is 11.4 Å². The van der Waals surface area contributed by atoms with E-state index in [2.05, 4.69) is 16.0 Å². The SMILES string of the molecule is CC(C)(C)NC(=O)c1ccccc1NC(=S)NC(=O)c1cccc([N+](=O)[O-])c1. The van der Waals surface area contributed by atoms with Crippen LogP contribution < -0.4 is 16.0 Å². The number of nitrogens with zero attached hydrogens (tertiary/aromatic N) is 1. The summed E-state index contributed by atoms with van der Waals surface area (Å²) in [6.07, 6.45) is 0. The van der Waals surface area contributed by atoms with Crippen LogP contribution in [0.2, 0.25) is 0 Å². The standard InChI is InChI=1S/C19H20N4O4S/c1-19(2,3)22-17(25)14-9-4-5-10-15(14)20-18(28)21-16(24)12-7-6-8-13(11-12)23(26)27/h4-11H,1-3H3,(H,22,25)(H2,20,21,24,28). The number of anilines is 1. The zero-order valence-electron chi connectivity index (χ0n) is 15.6. The lowest BCUT2D eigenvalue weighted by Gasteiger charge is -2.21. The van der Waals surface area contributed by atoms with E-state index in [1.54, 1.807) is 24.3 Å². The fraction of sp³-hybridized carbons (Fsp3) is 0.211. The van der Waals surface area contributed by atoms with Crippen molar-refractivity contribution >= 4 is 40.5 Å². The molecule has 3 N–H and O–H groups in total. The first-order chi connectivity index (χ1) is 13.1. The van der Waals surface area contributed by atoms with Gasteiger partial charge in [-0.15, -0.1) is 0 Å². The third-order valence-corrected chi connectivity index (χ3v) is 3.66. The van der Waals surface area contributed by atoms with Crippen LogP contribution in [-0.2, 0) is 0 Å². The Kier molecular flexibility index (Phi) is 6.42. The molecule has 0 aromatic heterocycles. The van der Waals surface area contributed by atoms with Crippen molar-refractivity contribution in [3.8, 4) is 0 Å². The Labute approximate surface area is 167 Å². The highest BCUT2D eigenvalue weighted by atomic mass is 32.1. The molecule has 0 saturated carbocycles. The number of carbonyl (C=O) groups is 2. The Morgan fingerprint density at radius 3 is 2.36 bits per heavy atom. The van der Waals surface area contributed by atoms with E-state index < -0.39 is 16.4 Å². The van der Waals surface area contributed by atoms with Gasteiger partial charge in [-0.2, -0.15) is 0 Å². The van der Waals surface area contributed by atoms with Gasteiger partial charge in [-0.3, -0.25) is 25.0 Å². The highest BCUT2D eigenvalue weighted by molar-refractivity contribution is 7.80. The molecule has 0 aliphatic heterocycles. The molecule has 9 heteroatoms. The number of nitro groups is 1. The minimum absolute atomic E-state index is 0.0347. The van der Waals surface area contributed by atoms with Crippen LogP contribution in [0.3, 0.4) is 0 Å². The predicted octanol–water partition coefficient (Wildman–Crippen LogP) is 3.25. The van der Waals surface area contributed by atoms with Gasteiger partial charge < -0.3 is 10.6 Å². The fourth-order valence-corrected chi connectivity index (χ4v) is 2.49. The summed E-state index contributed by atoms with van der Waals surface area (Å²) in [4.78, 5) is 35.0. The van der Waals surface area contributed by atoms with E-state index in [1.165, 1.54) is 18.2 Å². The van der Waals surface area contributed by atoms with Crippen molar-refractivity contribution in [1.82, 2.24) is 10.6 Å². The molecule has 0 spiro atoms. The lowest BCUT2D eigenvalue weighted by atomic mass is 10.1. The minimum atomic E-state index is -0.599. The van der Waals surface area contributed by atoms with Gasteiger partial charge in [0.25, 0.3) is 17.5 Å². The number of nitrogens with one attached hydrogen (secondary N) is 3. The van der Waals surface area contributed by atoms with Gasteiger partial charge in [-0.05, 0) is 51.2 Å². The zero-order valence-corrected chi connectivity index (χ0v) is 16.4. The van der Waals surface area contributed by atoms with Crippen molar-refractivity contribution in [2.75, 3.05) is 5.32 Å². The summed E-state index contributed by atoms with van der Waals surface area (Å²) in [5.74, 6) is -0.888. The second kappa shape index (κ2) is 8.57. The van der Waals surface area contributed by atoms with Gasteiger partial charge in [0, 0.05) is 23.2 Å². The van der Waals surface area contributed by atoms with Crippen molar-refractivity contribution in [2.45, 2.75) is 26.3 Å². The van der Waals surface area contributed by atoms with E-state index in [0.29, 0.717) is 11.3 Å². The number of hydrogen-bond acceptors (Lipinski definition) is 5. The molecule has 8 nitrogen and oxygen atoms in total. The fourth-order valence-electron chi connectivity index (χ4n) is 2.29. The number of amides is 2. The van der Waals surface area contributed by atoms with E-state index >= 15 is 0 Å². The van der Waals surface area contributed by atoms with Gasteiger partial charge in [-0.1, -0.05) is 18.2 Å². The number of para-hydroxylation sites is 1. The van der Waals surface area contributed by atoms with Crippen LogP contribution in [0.1, 0.15) is 41.5 Å². The Morgan fingerprint density at radius 1 is 1.04 bits per heavy atom. The first kappa shape index (κ1) is 21.0. The second-order valence-corrected chi connectivity index (χ2v) is 7.37. The lowest BCUT2D eigenvalue weighted by molar-refractivity contribution is -0.384. The average Bonchev–Trinajstić information content (AvgIpc) is 2.60. The molecule has 0 unspecified atom stereocenters. The predicted molar refractivity (Wildman–Crippen MR) is 110 cm³/mol. The molecule has 0 saturated heterocycles. The number of thiocarbonyl (C=S) groups is 1. The third kappa shape index (κ3) is 5.85. The third-order valence-electron chi connectivity index (χ3n) is 3.45. The summed E-state index contributed by atoms with van der Waals surface area (Å²) >= 11 is 5.14. The molecule has 0 radical (unpaired) electrons. The molecule has 0 atom stereocenters. The van der Waals surface area contributed by atoms with E-state index in [0.717, 1.165) is 6.07 Å². The maximum Gasteiger partial charge on any atom is 0.270 e. The molecular weight excluding hydrogens is 380 g/mol. The monoisotopic (exact) mass is 400 g/mol. The first-order valence-corrected chi connectivity index (χ1v) is 8.76. The number of rotatable bonds is 4. The molecule has 0 bridgehead atoms. The zero-order chi connectivity index (χ0) is 20.9. The second-order valence-electron chi connectivity index (χ2n) is 6.97. The highest BCUT2D eigenvalue weighted by Gasteiger charge is 2.19. The molecule has 146 valence electrons. The molecule has 0 heterocycles. The molecule has 2 aromatic carbocycles. The molecular formula is C19H20N4O4S. The molecule has 2 amide bonds. The Morgan fingerprint density at radius 2 is 1.71 bits per heavy atom. The molecule has 28 heavy (non-hydrogen) atoms. The Bertz CT molecular complexity index is 938. The van der Waals surface area contributed by atoms with Crippen LogP contribution in [0.25, 0.3) is 0 Å². The summed E-state index contributed by atoms with van der Waals surface area (Å²) < 4.78 is 0. The molecule has 2 rings (SSSR count). The summed E-state index contributed by atoms with van der Waals surface area (Å²) in [5, 5.41) is 18.9. The van der Waals surface area contributed by atoms with Crippen LogP contribution >= 0.6 is 12.2 Å². The summed E-state index contributed by atoms with van der Waals surface area (Å²) in [6, 6.07) is 12.0. The van der Waals surface area contributed by atoms with Crippen LogP contribution in [-0.4, -0.2) is 27.4 Å². The van der Waals surface area contributed by atoms with E-state index in [9.17, 15) is 19.7 Å². The van der Waals surface area contributed by atoms with E-state index in [4.69, 9.17) is 12.2 Å². The minimum Gasteiger partial charge on any atom is -0.347 e. The van der Waals surface area contributed by atoms with Crippen molar-refractivity contribution in [3.05, 3.63) is 69.8 Å². The lowest BCUT2D eigenvalue weighted by Crippen LogP contribution is -2.41. The highest BCUT2D eigenvalue weighted by Crippen LogP contribution is 2.17. The smallest absolute Gasteiger partial charge is 0.270 e. The summed E-state index contributed by atoms with van der Waals surface area (Å²) in [6.45, 7) is 5.60. The number of carbonyl (C=O) groups excluding carboxylic acids is 2. The van der Waals surface area contributed by atoms with Gasteiger partial charge >= 0.3 is 0 Å². The van der Waals surface area contributed by atoms with Gasteiger partial charge in [-0.25, -0.2) is 0 Å². The number of non-ortho nitro benzene ring substituents is 1. The topological polar surface area (TPSA) is 113 Å². The average molecular weight is 400 g/mol. The van der Waals surface area contributed by atoms with E-state index in [-0.39, 0.29) is 22.3 Å². The van der Waals surface area contributed by atoms with Crippen molar-refractivity contribution in [2.24, 2.45) is 0 Å². The van der Waals surface area contributed by atoms with E-state index in [1.807, 2.05) is 20.8 Å². The quantitative estimate of drug-likeness (QED) is 0.412. The van der Waals surface area contributed by atoms with Crippen molar-refractivity contribution in [1.29, 1.82) is 0 Å². The van der Waals surface area contributed by atoms with Crippen molar-refractivity contribution < 1.29 is 14.5 Å². The number of benzene rings is 2. The molecule has 2 aromatic rings. The maximum absolute atomic E-state index is 12.5. The first-order valence-electron chi connectivity index (χ1n) is 8.35. The van der Waals surface area contributed by atoms with Crippen LogP contribution in [0.15, 0.2) is 48.5 Å². The van der Waals surface area contributed by atoms with Gasteiger partial charge in [0.15, 0.2) is 5.11 Å². The van der Waals surface area contributed by atoms with Gasteiger partial charge in [0.2, 0.25) is 0 Å². The largest absolute Gasteiger partial charge is 0.347 e. The summed E-state index contributed by atoms with van der Waals surface area (Å²) in [5.41, 5.74) is 0.270. The molecule has 0 aliphatic rings. The summed E-state index contributed by atoms with van der Waals surface area (Å²) in [7, 11) is 0. The molecule has 0 fully saturated rings. The Hall–Kier alpha value is -3.33. The van der Waals surface area contributed by atoms with Crippen molar-refractivity contribution in [3.63, 3.8) is 0 Å². The van der Waals surface area contributed by atoms with Gasteiger partial charge in [0.05, 0.1) is 16.2 Å². The van der Waals surface area contributed by atoms with Gasteiger partial charge in [0.1, 0.15) is 0 Å². The Balaban J connectivity index is 2.11. The van der Waals surface area contributed by atoms with Crippen LogP contribution in [0, 0.1) is 10.1 Å². The normalized spacial score (nSPS) is 10.7.